The maximum Gasteiger partial charge on any atom is 0.323 e. The van der Waals surface area contributed by atoms with Gasteiger partial charge in [-0.3, -0.25) is 9.59 Å². The molecule has 1 aliphatic rings. The second-order valence-corrected chi connectivity index (χ2v) is 9.77. The number of anilines is 2. The van der Waals surface area contributed by atoms with Crippen molar-refractivity contribution in [2.75, 3.05) is 30.8 Å². The topological polar surface area (TPSA) is 120 Å². The minimum absolute atomic E-state index is 0.0110. The van der Waals surface area contributed by atoms with Crippen LogP contribution < -0.4 is 20.7 Å². The molecule has 0 radical (unpaired) electrons. The second kappa shape index (κ2) is 13.1. The molecule has 1 aliphatic heterocycles. The van der Waals surface area contributed by atoms with Crippen molar-refractivity contribution >= 4 is 29.3 Å². The summed E-state index contributed by atoms with van der Waals surface area (Å²) >= 11 is 0. The molecule has 3 rings (SSSR count). The number of piperidine rings is 1. The molecule has 200 valence electrons. The van der Waals surface area contributed by atoms with Crippen molar-refractivity contribution in [3.05, 3.63) is 53.6 Å². The summed E-state index contributed by atoms with van der Waals surface area (Å²) in [5, 5.41) is 17.8. The van der Waals surface area contributed by atoms with Crippen LogP contribution in [-0.2, 0) is 9.59 Å². The zero-order valence-electron chi connectivity index (χ0n) is 22.0. The van der Waals surface area contributed by atoms with Crippen molar-refractivity contribution in [1.29, 1.82) is 0 Å². The minimum Gasteiger partial charge on any atom is -0.495 e. The lowest BCUT2D eigenvalue weighted by Crippen LogP contribution is -2.41. The first-order valence-electron chi connectivity index (χ1n) is 12.7. The Morgan fingerprint density at radius 1 is 1.08 bits per heavy atom. The molecule has 3 amide bonds. The van der Waals surface area contributed by atoms with Gasteiger partial charge in [-0.2, -0.15) is 0 Å². The molecule has 2 unspecified atom stereocenters. The molecule has 4 N–H and O–H groups in total. The summed E-state index contributed by atoms with van der Waals surface area (Å²) in [5.41, 5.74) is 3.11. The Morgan fingerprint density at radius 2 is 1.76 bits per heavy atom. The van der Waals surface area contributed by atoms with Crippen LogP contribution in [0.2, 0.25) is 0 Å². The number of likely N-dealkylation sites (tertiary alicyclic amines) is 1. The highest BCUT2D eigenvalue weighted by molar-refractivity contribution is 6.01. The van der Waals surface area contributed by atoms with Gasteiger partial charge in [0.05, 0.1) is 25.3 Å². The third-order valence-electron chi connectivity index (χ3n) is 6.96. The van der Waals surface area contributed by atoms with E-state index >= 15 is 0 Å². The molecule has 2 aromatic carbocycles. The number of carboxylic acids is 1. The summed E-state index contributed by atoms with van der Waals surface area (Å²) in [4.78, 5) is 37.9. The van der Waals surface area contributed by atoms with Crippen LogP contribution in [0.15, 0.2) is 42.5 Å². The number of rotatable bonds is 10. The van der Waals surface area contributed by atoms with Gasteiger partial charge in [-0.05, 0) is 81.4 Å². The monoisotopic (exact) mass is 510 g/mol. The van der Waals surface area contributed by atoms with Crippen molar-refractivity contribution in [1.82, 2.24) is 10.2 Å². The van der Waals surface area contributed by atoms with Gasteiger partial charge in [0.1, 0.15) is 5.75 Å². The number of hydrogen-bond donors (Lipinski definition) is 4. The van der Waals surface area contributed by atoms with Crippen molar-refractivity contribution in [3.8, 4) is 5.75 Å². The lowest BCUT2D eigenvalue weighted by Gasteiger charge is -2.36. The van der Waals surface area contributed by atoms with Crippen LogP contribution in [0.25, 0.3) is 0 Å². The van der Waals surface area contributed by atoms with E-state index in [1.165, 1.54) is 6.92 Å². The first kappa shape index (κ1) is 28.0. The number of aryl methyl sites for hydroxylation is 1. The third-order valence-corrected chi connectivity index (χ3v) is 6.96. The van der Waals surface area contributed by atoms with Gasteiger partial charge in [0.25, 0.3) is 0 Å². The number of urea groups is 1. The number of carboxylic acid groups (broad SMARTS) is 1. The van der Waals surface area contributed by atoms with Crippen LogP contribution in [0.3, 0.4) is 0 Å². The quantitative estimate of drug-likeness (QED) is 0.365. The Bertz CT molecular complexity index is 1100. The van der Waals surface area contributed by atoms with Crippen LogP contribution >= 0.6 is 0 Å². The van der Waals surface area contributed by atoms with Crippen molar-refractivity contribution < 1.29 is 24.2 Å². The average molecular weight is 511 g/mol. The van der Waals surface area contributed by atoms with E-state index in [4.69, 9.17) is 9.84 Å². The molecule has 1 heterocycles. The van der Waals surface area contributed by atoms with Gasteiger partial charge < -0.3 is 30.7 Å². The molecule has 9 heteroatoms. The summed E-state index contributed by atoms with van der Waals surface area (Å²) in [6.45, 7) is 7.07. The van der Waals surface area contributed by atoms with Gasteiger partial charge in [-0.1, -0.05) is 24.3 Å². The van der Waals surface area contributed by atoms with Crippen molar-refractivity contribution in [3.63, 3.8) is 0 Å². The Kier molecular flexibility index (Phi) is 9.91. The number of carbonyl (C=O) groups is 3. The summed E-state index contributed by atoms with van der Waals surface area (Å²) in [6.07, 6.45) is 2.79. The van der Waals surface area contributed by atoms with Gasteiger partial charge in [-0.25, -0.2) is 4.79 Å². The van der Waals surface area contributed by atoms with Gasteiger partial charge in [0, 0.05) is 18.7 Å². The summed E-state index contributed by atoms with van der Waals surface area (Å²) in [5.74, 6) is 0.00935. The largest absolute Gasteiger partial charge is 0.495 e. The Balaban J connectivity index is 1.67. The number of benzene rings is 2. The van der Waals surface area contributed by atoms with Gasteiger partial charge in [0.15, 0.2) is 0 Å². The van der Waals surface area contributed by atoms with E-state index in [9.17, 15) is 14.4 Å². The fourth-order valence-electron chi connectivity index (χ4n) is 4.89. The SMILES string of the molecule is COc1cc(C(CC2CCN(C(C)CC(=O)O)CC2)NC(C)=O)ccc1NC(=O)Nc1ccccc1C. The molecule has 1 saturated heterocycles. The first-order valence-corrected chi connectivity index (χ1v) is 12.7. The van der Waals surface area contributed by atoms with E-state index in [1.807, 2.05) is 50.2 Å². The number of aliphatic carboxylic acids is 1. The number of amides is 3. The van der Waals surface area contributed by atoms with Crippen LogP contribution in [0, 0.1) is 12.8 Å². The Morgan fingerprint density at radius 3 is 2.38 bits per heavy atom. The maximum atomic E-state index is 12.6. The third kappa shape index (κ3) is 8.21. The lowest BCUT2D eigenvalue weighted by atomic mass is 9.87. The van der Waals surface area contributed by atoms with Crippen LogP contribution in [-0.4, -0.2) is 54.2 Å². The highest BCUT2D eigenvalue weighted by atomic mass is 16.5. The summed E-state index contributed by atoms with van der Waals surface area (Å²) in [6, 6.07) is 12.5. The zero-order valence-corrected chi connectivity index (χ0v) is 22.0. The van der Waals surface area contributed by atoms with E-state index < -0.39 is 5.97 Å². The molecule has 1 fully saturated rings. The maximum absolute atomic E-state index is 12.6. The molecule has 0 aromatic heterocycles. The summed E-state index contributed by atoms with van der Waals surface area (Å²) < 4.78 is 5.57. The summed E-state index contributed by atoms with van der Waals surface area (Å²) in [7, 11) is 1.55. The Hall–Kier alpha value is -3.59. The number of nitrogens with one attached hydrogen (secondary N) is 3. The lowest BCUT2D eigenvalue weighted by molar-refractivity contribution is -0.138. The standard InChI is InChI=1S/C28H38N4O5/c1-18-7-5-6-8-23(18)30-28(36)31-24-10-9-22(17-26(24)37-4)25(29-20(3)33)16-21-11-13-32(14-12-21)19(2)15-27(34)35/h5-10,17,19,21,25H,11-16H2,1-4H3,(H,29,33)(H,34,35)(H2,30,31,36). The van der Waals surface area contributed by atoms with E-state index in [-0.39, 0.29) is 30.4 Å². The average Bonchev–Trinajstić information content (AvgIpc) is 2.85. The predicted octanol–water partition coefficient (Wildman–Crippen LogP) is 4.79. The van der Waals surface area contributed by atoms with Crippen LogP contribution in [0.5, 0.6) is 5.75 Å². The number of hydrogen-bond acceptors (Lipinski definition) is 5. The number of methoxy groups -OCH3 is 1. The number of para-hydroxylation sites is 1. The van der Waals surface area contributed by atoms with E-state index in [0.717, 1.165) is 49.2 Å². The number of ether oxygens (including phenoxy) is 1. The first-order chi connectivity index (χ1) is 17.7. The molecule has 2 aromatic rings. The smallest absolute Gasteiger partial charge is 0.323 e. The fourth-order valence-corrected chi connectivity index (χ4v) is 4.89. The minimum atomic E-state index is -0.778. The van der Waals surface area contributed by atoms with Gasteiger partial charge in [-0.15, -0.1) is 0 Å². The molecule has 0 saturated carbocycles. The van der Waals surface area contributed by atoms with Gasteiger partial charge in [0.2, 0.25) is 5.91 Å². The highest BCUT2D eigenvalue weighted by Gasteiger charge is 2.27. The molecule has 9 nitrogen and oxygen atoms in total. The van der Waals surface area contributed by atoms with Crippen LogP contribution in [0.1, 0.15) is 56.7 Å². The van der Waals surface area contributed by atoms with Crippen molar-refractivity contribution in [2.24, 2.45) is 5.92 Å². The van der Waals surface area contributed by atoms with Crippen molar-refractivity contribution in [2.45, 2.75) is 58.5 Å². The molecule has 37 heavy (non-hydrogen) atoms. The van der Waals surface area contributed by atoms with E-state index in [0.29, 0.717) is 17.4 Å². The normalized spacial score (nSPS) is 15.9. The predicted molar refractivity (Wildman–Crippen MR) is 144 cm³/mol. The molecular formula is C28H38N4O5. The number of nitrogens with zero attached hydrogens (tertiary/aromatic N) is 1. The van der Waals surface area contributed by atoms with Gasteiger partial charge >= 0.3 is 12.0 Å². The fraction of sp³-hybridized carbons (Fsp3) is 0.464. The number of carbonyl (C=O) groups excluding carboxylic acids is 2. The van der Waals surface area contributed by atoms with E-state index in [1.54, 1.807) is 13.2 Å². The molecule has 0 spiro atoms. The molecule has 2 atom stereocenters. The second-order valence-electron chi connectivity index (χ2n) is 9.77. The van der Waals surface area contributed by atoms with E-state index in [2.05, 4.69) is 20.9 Å². The van der Waals surface area contributed by atoms with Crippen LogP contribution in [0.4, 0.5) is 16.2 Å². The molecule has 0 aliphatic carbocycles. The highest BCUT2D eigenvalue weighted by Crippen LogP contribution is 2.33. The zero-order chi connectivity index (χ0) is 26.9. The molecule has 0 bridgehead atoms. The Labute approximate surface area is 218 Å². The molecular weight excluding hydrogens is 472 g/mol.